The molecule has 1 fully saturated rings. The molecule has 1 N–H and O–H groups in total. The van der Waals surface area contributed by atoms with Crippen LogP contribution < -0.4 is 0 Å². The molecule has 0 aromatic rings. The first-order valence-electron chi connectivity index (χ1n) is 3.97. The quantitative estimate of drug-likeness (QED) is 0.650. The molecule has 12 heavy (non-hydrogen) atoms. The maximum Gasteiger partial charge on any atom is 0.163 e. The highest BCUT2D eigenvalue weighted by molar-refractivity contribution is 4.83. The predicted molar refractivity (Wildman–Crippen MR) is 42.8 cm³/mol. The molecule has 1 aliphatic heterocycles. The minimum absolute atomic E-state index is 0.0837. The molecule has 0 unspecified atom stereocenters. The summed E-state index contributed by atoms with van der Waals surface area (Å²) in [6.45, 7) is 4.33. The van der Waals surface area contributed by atoms with Gasteiger partial charge in [0.1, 0.15) is 5.60 Å². The molecule has 0 aromatic carbocycles. The van der Waals surface area contributed by atoms with Crippen LogP contribution in [0.4, 0.5) is 0 Å². The van der Waals surface area contributed by atoms with Crippen molar-refractivity contribution in [1.29, 1.82) is 0 Å². The maximum absolute atomic E-state index is 9.03. The topological polar surface area (TPSA) is 47.9 Å². The van der Waals surface area contributed by atoms with Crippen LogP contribution in [0.25, 0.3) is 0 Å². The average molecular weight is 176 g/mol. The zero-order valence-corrected chi connectivity index (χ0v) is 7.79. The lowest BCUT2D eigenvalue weighted by molar-refractivity contribution is -0.311. The maximum atomic E-state index is 9.03. The monoisotopic (exact) mass is 176 g/mol. The summed E-state index contributed by atoms with van der Waals surface area (Å²) >= 11 is 0. The molecule has 0 spiro atoms. The van der Waals surface area contributed by atoms with E-state index in [0.29, 0.717) is 13.2 Å². The fraction of sp³-hybridized carbons (Fsp3) is 1.00. The van der Waals surface area contributed by atoms with Crippen LogP contribution in [0, 0.1) is 0 Å². The summed E-state index contributed by atoms with van der Waals surface area (Å²) in [6, 6.07) is 0. The summed E-state index contributed by atoms with van der Waals surface area (Å²) in [5.41, 5.74) is -0.671. The third-order valence-corrected chi connectivity index (χ3v) is 2.09. The Morgan fingerprint density at radius 1 is 1.33 bits per heavy atom. The molecule has 4 nitrogen and oxygen atoms in total. The van der Waals surface area contributed by atoms with Crippen LogP contribution in [0.1, 0.15) is 13.8 Å². The molecular formula is C8H16O4. The van der Waals surface area contributed by atoms with E-state index in [1.54, 1.807) is 7.11 Å². The molecule has 1 heterocycles. The first kappa shape index (κ1) is 9.92. The number of methoxy groups -OCH3 is 1. The molecule has 0 aromatic heterocycles. The Balaban J connectivity index is 2.53. The minimum Gasteiger partial charge on any atom is -0.393 e. The molecule has 0 amide bonds. The van der Waals surface area contributed by atoms with Crippen molar-refractivity contribution in [1.82, 2.24) is 0 Å². The summed E-state index contributed by atoms with van der Waals surface area (Å²) in [7, 11) is 1.54. The van der Waals surface area contributed by atoms with Crippen LogP contribution in [0.3, 0.4) is 0 Å². The fourth-order valence-corrected chi connectivity index (χ4v) is 0.968. The Bertz CT molecular complexity index is 139. The molecule has 0 saturated carbocycles. The lowest BCUT2D eigenvalue weighted by atomic mass is 10.1. The summed E-state index contributed by atoms with van der Waals surface area (Å²) < 4.78 is 15.8. The molecule has 0 radical (unpaired) electrons. The molecule has 1 saturated heterocycles. The Morgan fingerprint density at radius 2 is 1.83 bits per heavy atom. The first-order chi connectivity index (χ1) is 5.54. The van der Waals surface area contributed by atoms with E-state index in [9.17, 15) is 0 Å². The van der Waals surface area contributed by atoms with Crippen molar-refractivity contribution in [2.45, 2.75) is 25.2 Å². The van der Waals surface area contributed by atoms with Crippen LogP contribution >= 0.6 is 0 Å². The van der Waals surface area contributed by atoms with Gasteiger partial charge in [-0.3, -0.25) is 0 Å². The van der Waals surface area contributed by atoms with Gasteiger partial charge in [0.2, 0.25) is 0 Å². The highest BCUT2D eigenvalue weighted by Gasteiger charge is 2.39. The van der Waals surface area contributed by atoms with Crippen LogP contribution in [0.2, 0.25) is 0 Å². The van der Waals surface area contributed by atoms with Gasteiger partial charge in [-0.25, -0.2) is 0 Å². The zero-order chi connectivity index (χ0) is 9.24. The van der Waals surface area contributed by atoms with E-state index in [4.69, 9.17) is 19.3 Å². The number of hydrogen-bond donors (Lipinski definition) is 1. The Labute approximate surface area is 72.4 Å². The number of rotatable bonds is 2. The van der Waals surface area contributed by atoms with E-state index < -0.39 is 11.4 Å². The van der Waals surface area contributed by atoms with Crippen molar-refractivity contribution in [2.75, 3.05) is 26.9 Å². The van der Waals surface area contributed by atoms with Gasteiger partial charge in [0.05, 0.1) is 19.8 Å². The van der Waals surface area contributed by atoms with Crippen molar-refractivity contribution in [3.8, 4) is 0 Å². The van der Waals surface area contributed by atoms with Gasteiger partial charge < -0.3 is 19.3 Å². The highest BCUT2D eigenvalue weighted by atomic mass is 16.7. The van der Waals surface area contributed by atoms with Gasteiger partial charge in [0.15, 0.2) is 5.79 Å². The number of aliphatic hydroxyl groups is 1. The van der Waals surface area contributed by atoms with Gasteiger partial charge in [0.25, 0.3) is 0 Å². The van der Waals surface area contributed by atoms with Gasteiger partial charge in [-0.05, 0) is 13.8 Å². The Morgan fingerprint density at radius 3 is 2.17 bits per heavy atom. The average Bonchev–Trinajstić information content (AvgIpc) is 2.06. The van der Waals surface area contributed by atoms with Gasteiger partial charge in [-0.2, -0.15) is 0 Å². The van der Waals surface area contributed by atoms with Gasteiger partial charge in [0, 0.05) is 7.11 Å². The summed E-state index contributed by atoms with van der Waals surface area (Å²) in [5, 5.41) is 9.03. The predicted octanol–water partition coefficient (Wildman–Crippen LogP) is 0.147. The van der Waals surface area contributed by atoms with E-state index >= 15 is 0 Å². The Kier molecular flexibility index (Phi) is 2.73. The molecule has 1 rings (SSSR count). The fourth-order valence-electron chi connectivity index (χ4n) is 0.968. The summed E-state index contributed by atoms with van der Waals surface area (Å²) in [4.78, 5) is 0. The van der Waals surface area contributed by atoms with Crippen molar-refractivity contribution >= 4 is 0 Å². The van der Waals surface area contributed by atoms with E-state index in [1.807, 2.05) is 13.8 Å². The second kappa shape index (κ2) is 3.30. The van der Waals surface area contributed by atoms with Gasteiger partial charge in [-0.1, -0.05) is 0 Å². The molecule has 72 valence electrons. The van der Waals surface area contributed by atoms with E-state index in [1.165, 1.54) is 0 Å². The second-order valence-electron chi connectivity index (χ2n) is 3.52. The van der Waals surface area contributed by atoms with Gasteiger partial charge >= 0.3 is 0 Å². The largest absolute Gasteiger partial charge is 0.393 e. The zero-order valence-electron chi connectivity index (χ0n) is 7.79. The highest BCUT2D eigenvalue weighted by Crippen LogP contribution is 2.24. The minimum atomic E-state index is -0.671. The number of aliphatic hydroxyl groups excluding tert-OH is 1. The van der Waals surface area contributed by atoms with E-state index in [2.05, 4.69) is 0 Å². The van der Waals surface area contributed by atoms with E-state index in [0.717, 1.165) is 0 Å². The molecular weight excluding hydrogens is 160 g/mol. The third kappa shape index (κ3) is 1.95. The third-order valence-electron chi connectivity index (χ3n) is 2.09. The van der Waals surface area contributed by atoms with Crippen molar-refractivity contribution in [2.24, 2.45) is 0 Å². The van der Waals surface area contributed by atoms with Crippen LogP contribution in [-0.4, -0.2) is 43.4 Å². The van der Waals surface area contributed by atoms with Crippen LogP contribution in [-0.2, 0) is 14.2 Å². The Hall–Kier alpha value is -0.160. The molecule has 0 bridgehead atoms. The smallest absolute Gasteiger partial charge is 0.163 e. The SMILES string of the molecule is COC1(CO)COC(C)(C)OC1. The van der Waals surface area contributed by atoms with Crippen molar-refractivity contribution in [3.63, 3.8) is 0 Å². The summed E-state index contributed by atoms with van der Waals surface area (Å²) in [5.74, 6) is -0.558. The lowest BCUT2D eigenvalue weighted by Crippen LogP contribution is -2.54. The standard InChI is InChI=1S/C8H16O4/c1-7(2)11-5-8(4-9,10-3)6-12-7/h9H,4-6H2,1-3H3. The normalized spacial score (nSPS) is 27.0. The number of hydrogen-bond acceptors (Lipinski definition) is 4. The molecule has 0 aliphatic carbocycles. The van der Waals surface area contributed by atoms with Crippen LogP contribution in [0.5, 0.6) is 0 Å². The molecule has 4 heteroatoms. The van der Waals surface area contributed by atoms with Crippen molar-refractivity contribution < 1.29 is 19.3 Å². The van der Waals surface area contributed by atoms with E-state index in [-0.39, 0.29) is 6.61 Å². The van der Waals surface area contributed by atoms with Crippen LogP contribution in [0.15, 0.2) is 0 Å². The molecule has 1 aliphatic rings. The second-order valence-corrected chi connectivity index (χ2v) is 3.52. The van der Waals surface area contributed by atoms with Crippen molar-refractivity contribution in [3.05, 3.63) is 0 Å². The summed E-state index contributed by atoms with van der Waals surface area (Å²) in [6.07, 6.45) is 0. The lowest BCUT2D eigenvalue weighted by Gasteiger charge is -2.41. The first-order valence-corrected chi connectivity index (χ1v) is 3.97. The molecule has 0 atom stereocenters. The number of ether oxygens (including phenoxy) is 3. The van der Waals surface area contributed by atoms with Gasteiger partial charge in [-0.15, -0.1) is 0 Å².